The molecule has 2 heterocycles. The second-order valence-electron chi connectivity index (χ2n) is 4.62. The van der Waals surface area contributed by atoms with Gasteiger partial charge in [0.15, 0.2) is 0 Å². The minimum atomic E-state index is -0.507. The lowest BCUT2D eigenvalue weighted by Crippen LogP contribution is -1.96. The topological polar surface area (TPSA) is 39.9 Å². The van der Waals surface area contributed by atoms with E-state index in [2.05, 4.69) is 9.97 Å². The van der Waals surface area contributed by atoms with Crippen LogP contribution in [0, 0.1) is 5.95 Å². The Morgan fingerprint density at radius 3 is 2.67 bits per heavy atom. The van der Waals surface area contributed by atoms with Gasteiger partial charge in [0, 0.05) is 18.9 Å². The van der Waals surface area contributed by atoms with Crippen molar-refractivity contribution in [1.29, 1.82) is 0 Å². The van der Waals surface area contributed by atoms with Crippen molar-refractivity contribution < 1.29 is 9.13 Å². The molecule has 106 valence electrons. The van der Waals surface area contributed by atoms with Crippen LogP contribution in [0.1, 0.15) is 5.56 Å². The third-order valence-corrected chi connectivity index (χ3v) is 3.19. The first-order valence-corrected chi connectivity index (χ1v) is 6.52. The molecule has 1 aromatic carbocycles. The summed E-state index contributed by atoms with van der Waals surface area (Å²) in [5, 5.41) is 0. The monoisotopic (exact) mass is 283 g/mol. The van der Waals surface area contributed by atoms with Crippen LogP contribution in [0.25, 0.3) is 11.3 Å². The fraction of sp³-hybridized carbons (Fsp3) is 0.125. The Labute approximate surface area is 121 Å². The lowest BCUT2D eigenvalue weighted by atomic mass is 10.2. The van der Waals surface area contributed by atoms with Gasteiger partial charge in [-0.05, 0) is 29.8 Å². The van der Waals surface area contributed by atoms with E-state index in [1.54, 1.807) is 25.6 Å². The molecule has 0 saturated carbocycles. The standard InChI is InChI=1S/C16H14FN3O/c1-21-13-6-4-12(5-7-13)9-20-10-15(19-11-20)14-3-2-8-18-16(14)17/h2-8,10-11H,9H2,1H3. The highest BCUT2D eigenvalue weighted by Crippen LogP contribution is 2.19. The summed E-state index contributed by atoms with van der Waals surface area (Å²) in [6, 6.07) is 11.2. The summed E-state index contributed by atoms with van der Waals surface area (Å²) in [5.41, 5.74) is 2.10. The Balaban J connectivity index is 1.80. The van der Waals surface area contributed by atoms with Crippen molar-refractivity contribution in [3.05, 3.63) is 66.6 Å². The van der Waals surface area contributed by atoms with Gasteiger partial charge >= 0.3 is 0 Å². The van der Waals surface area contributed by atoms with E-state index in [0.29, 0.717) is 17.8 Å². The van der Waals surface area contributed by atoms with E-state index >= 15 is 0 Å². The van der Waals surface area contributed by atoms with Gasteiger partial charge in [0.05, 0.1) is 24.7 Å². The second kappa shape index (κ2) is 5.75. The molecule has 0 radical (unpaired) electrons. The van der Waals surface area contributed by atoms with Crippen LogP contribution in [0.3, 0.4) is 0 Å². The number of aromatic nitrogens is 3. The zero-order valence-electron chi connectivity index (χ0n) is 11.5. The van der Waals surface area contributed by atoms with Gasteiger partial charge in [-0.2, -0.15) is 4.39 Å². The normalized spacial score (nSPS) is 10.6. The quantitative estimate of drug-likeness (QED) is 0.691. The highest BCUT2D eigenvalue weighted by atomic mass is 19.1. The zero-order valence-corrected chi connectivity index (χ0v) is 11.5. The molecule has 0 amide bonds. The molecular formula is C16H14FN3O. The highest BCUT2D eigenvalue weighted by Gasteiger charge is 2.08. The van der Waals surface area contributed by atoms with Crippen LogP contribution in [0.2, 0.25) is 0 Å². The van der Waals surface area contributed by atoms with Gasteiger partial charge in [-0.25, -0.2) is 9.97 Å². The number of halogens is 1. The molecule has 0 N–H and O–H groups in total. The minimum Gasteiger partial charge on any atom is -0.497 e. The van der Waals surface area contributed by atoms with Gasteiger partial charge in [0.1, 0.15) is 5.75 Å². The van der Waals surface area contributed by atoms with Gasteiger partial charge in [0.2, 0.25) is 5.95 Å². The lowest BCUT2D eigenvalue weighted by molar-refractivity contribution is 0.414. The van der Waals surface area contributed by atoms with Crippen LogP contribution in [0.5, 0.6) is 5.75 Å². The van der Waals surface area contributed by atoms with Crippen molar-refractivity contribution >= 4 is 0 Å². The summed E-state index contributed by atoms with van der Waals surface area (Å²) in [5.74, 6) is 0.315. The first kappa shape index (κ1) is 13.3. The van der Waals surface area contributed by atoms with Crippen molar-refractivity contribution in [2.45, 2.75) is 6.54 Å². The maximum absolute atomic E-state index is 13.6. The minimum absolute atomic E-state index is 0.408. The number of hydrogen-bond acceptors (Lipinski definition) is 3. The lowest BCUT2D eigenvalue weighted by Gasteiger charge is -2.04. The molecule has 21 heavy (non-hydrogen) atoms. The summed E-state index contributed by atoms with van der Waals surface area (Å²) in [6.45, 7) is 0.666. The number of benzene rings is 1. The first-order valence-electron chi connectivity index (χ1n) is 6.52. The average molecular weight is 283 g/mol. The summed E-state index contributed by atoms with van der Waals surface area (Å²) in [6.07, 6.45) is 4.92. The van der Waals surface area contributed by atoms with Crippen LogP contribution in [0.4, 0.5) is 4.39 Å². The van der Waals surface area contributed by atoms with Crippen molar-refractivity contribution in [2.24, 2.45) is 0 Å². The molecule has 0 atom stereocenters. The third-order valence-electron chi connectivity index (χ3n) is 3.19. The molecule has 0 aliphatic rings. The zero-order chi connectivity index (χ0) is 14.7. The molecule has 0 aliphatic heterocycles. The van der Waals surface area contributed by atoms with Gasteiger partial charge in [0.25, 0.3) is 0 Å². The van der Waals surface area contributed by atoms with Gasteiger partial charge in [-0.3, -0.25) is 0 Å². The number of methoxy groups -OCH3 is 1. The van der Waals surface area contributed by atoms with E-state index in [9.17, 15) is 4.39 Å². The molecule has 0 bridgehead atoms. The largest absolute Gasteiger partial charge is 0.497 e. The SMILES string of the molecule is COc1ccc(Cn2cnc(-c3cccnc3F)c2)cc1. The van der Waals surface area contributed by atoms with Crippen molar-refractivity contribution in [3.63, 3.8) is 0 Å². The van der Waals surface area contributed by atoms with E-state index in [1.807, 2.05) is 35.0 Å². The summed E-state index contributed by atoms with van der Waals surface area (Å²) in [7, 11) is 1.64. The molecule has 0 saturated heterocycles. The highest BCUT2D eigenvalue weighted by molar-refractivity contribution is 5.57. The number of nitrogens with zero attached hydrogens (tertiary/aromatic N) is 3. The molecule has 0 unspecified atom stereocenters. The molecule has 5 heteroatoms. The van der Waals surface area contributed by atoms with Gasteiger partial charge in [-0.1, -0.05) is 12.1 Å². The average Bonchev–Trinajstić information content (AvgIpc) is 2.97. The summed E-state index contributed by atoms with van der Waals surface area (Å²) < 4.78 is 20.7. The molecular weight excluding hydrogens is 269 g/mol. The van der Waals surface area contributed by atoms with E-state index in [-0.39, 0.29) is 0 Å². The van der Waals surface area contributed by atoms with E-state index in [0.717, 1.165) is 11.3 Å². The number of imidazole rings is 1. The Bertz CT molecular complexity index is 737. The molecule has 4 nitrogen and oxygen atoms in total. The fourth-order valence-electron chi connectivity index (χ4n) is 2.10. The Kier molecular flexibility index (Phi) is 3.64. The Hall–Kier alpha value is -2.69. The molecule has 0 aliphatic carbocycles. The van der Waals surface area contributed by atoms with Gasteiger partial charge in [-0.15, -0.1) is 0 Å². The van der Waals surface area contributed by atoms with Crippen molar-refractivity contribution in [2.75, 3.05) is 7.11 Å². The van der Waals surface area contributed by atoms with Gasteiger partial charge < -0.3 is 9.30 Å². The number of hydrogen-bond donors (Lipinski definition) is 0. The van der Waals surface area contributed by atoms with Crippen LogP contribution in [0.15, 0.2) is 55.1 Å². The maximum Gasteiger partial charge on any atom is 0.222 e. The number of rotatable bonds is 4. The van der Waals surface area contributed by atoms with Crippen LogP contribution >= 0.6 is 0 Å². The smallest absolute Gasteiger partial charge is 0.222 e. The molecule has 0 spiro atoms. The predicted octanol–water partition coefficient (Wildman–Crippen LogP) is 3.14. The Morgan fingerprint density at radius 2 is 1.95 bits per heavy atom. The van der Waals surface area contributed by atoms with Crippen LogP contribution < -0.4 is 4.74 Å². The predicted molar refractivity (Wildman–Crippen MR) is 77.5 cm³/mol. The summed E-state index contributed by atoms with van der Waals surface area (Å²) >= 11 is 0. The van der Waals surface area contributed by atoms with Crippen molar-refractivity contribution in [3.8, 4) is 17.0 Å². The molecule has 3 rings (SSSR count). The summed E-state index contributed by atoms with van der Waals surface area (Å²) in [4.78, 5) is 7.87. The third kappa shape index (κ3) is 2.91. The number of ether oxygens (including phenoxy) is 1. The number of pyridine rings is 1. The fourth-order valence-corrected chi connectivity index (χ4v) is 2.10. The van der Waals surface area contributed by atoms with E-state index in [4.69, 9.17) is 4.74 Å². The van der Waals surface area contributed by atoms with E-state index in [1.165, 1.54) is 6.20 Å². The molecule has 0 fully saturated rings. The van der Waals surface area contributed by atoms with Crippen LogP contribution in [-0.4, -0.2) is 21.6 Å². The van der Waals surface area contributed by atoms with E-state index < -0.39 is 5.95 Å². The Morgan fingerprint density at radius 1 is 1.14 bits per heavy atom. The first-order chi connectivity index (χ1) is 10.3. The maximum atomic E-state index is 13.6. The molecule has 3 aromatic rings. The molecule has 2 aromatic heterocycles. The second-order valence-corrected chi connectivity index (χ2v) is 4.62. The van der Waals surface area contributed by atoms with Crippen molar-refractivity contribution in [1.82, 2.24) is 14.5 Å². The van der Waals surface area contributed by atoms with Crippen LogP contribution in [-0.2, 0) is 6.54 Å².